The molecule has 0 radical (unpaired) electrons. The summed E-state index contributed by atoms with van der Waals surface area (Å²) in [6.45, 7) is 2.87. The van der Waals surface area contributed by atoms with Gasteiger partial charge in [0.25, 0.3) is 0 Å². The highest BCUT2D eigenvalue weighted by Crippen LogP contribution is 2.19. The van der Waals surface area contributed by atoms with Crippen molar-refractivity contribution in [2.75, 3.05) is 12.0 Å². The van der Waals surface area contributed by atoms with Crippen LogP contribution in [-0.4, -0.2) is 25.8 Å². The smallest absolute Gasteiger partial charge is 0.191 e. The lowest BCUT2D eigenvalue weighted by Crippen LogP contribution is -1.99. The zero-order chi connectivity index (χ0) is 10.1. The van der Waals surface area contributed by atoms with Crippen LogP contribution >= 0.6 is 11.8 Å². The van der Waals surface area contributed by atoms with Crippen LogP contribution in [0.3, 0.4) is 0 Å². The second-order valence-corrected chi connectivity index (χ2v) is 3.57. The molecule has 74 valence electrons. The van der Waals surface area contributed by atoms with Crippen LogP contribution in [0.25, 0.3) is 11.2 Å². The Hall–Kier alpha value is -1.30. The number of aromatic nitrogens is 4. The summed E-state index contributed by atoms with van der Waals surface area (Å²) in [7, 11) is 0. The van der Waals surface area contributed by atoms with E-state index in [1.807, 2.05) is 17.7 Å². The van der Waals surface area contributed by atoms with Crippen molar-refractivity contribution in [3.63, 3.8) is 0 Å². The van der Waals surface area contributed by atoms with Gasteiger partial charge in [-0.2, -0.15) is 0 Å². The van der Waals surface area contributed by atoms with Gasteiger partial charge in [-0.15, -0.1) is 0 Å². The maximum absolute atomic E-state index is 5.76. The second kappa shape index (κ2) is 3.45. The largest absolute Gasteiger partial charge is 0.382 e. The third-order valence-electron chi connectivity index (χ3n) is 1.99. The molecule has 0 saturated heterocycles. The Balaban J connectivity index is 2.73. The number of fused-ring (bicyclic) bond motifs is 1. The van der Waals surface area contributed by atoms with Crippen LogP contribution < -0.4 is 5.73 Å². The molecule has 14 heavy (non-hydrogen) atoms. The van der Waals surface area contributed by atoms with Gasteiger partial charge in [0, 0.05) is 6.54 Å². The van der Waals surface area contributed by atoms with Crippen LogP contribution in [0.15, 0.2) is 11.5 Å². The highest BCUT2D eigenvalue weighted by Gasteiger charge is 2.09. The molecule has 2 rings (SSSR count). The van der Waals surface area contributed by atoms with E-state index in [9.17, 15) is 0 Å². The Morgan fingerprint density at radius 1 is 1.50 bits per heavy atom. The number of hydrogen-bond acceptors (Lipinski definition) is 5. The molecule has 0 bridgehead atoms. The summed E-state index contributed by atoms with van der Waals surface area (Å²) >= 11 is 1.48. The van der Waals surface area contributed by atoms with Crippen LogP contribution in [0.1, 0.15) is 6.92 Å². The van der Waals surface area contributed by atoms with Crippen molar-refractivity contribution in [3.05, 3.63) is 6.33 Å². The monoisotopic (exact) mass is 209 g/mol. The van der Waals surface area contributed by atoms with Crippen molar-refractivity contribution in [1.29, 1.82) is 0 Å². The van der Waals surface area contributed by atoms with Gasteiger partial charge in [0.2, 0.25) is 0 Å². The molecule has 0 spiro atoms. The third-order valence-corrected chi connectivity index (χ3v) is 2.54. The van der Waals surface area contributed by atoms with Gasteiger partial charge < -0.3 is 10.3 Å². The van der Waals surface area contributed by atoms with Gasteiger partial charge in [0.15, 0.2) is 16.6 Å². The first-order chi connectivity index (χ1) is 6.76. The lowest BCUT2D eigenvalue weighted by atomic mass is 10.5. The van der Waals surface area contributed by atoms with Gasteiger partial charge in [0.1, 0.15) is 5.52 Å². The fraction of sp³-hybridized carbons (Fsp3) is 0.375. The molecule has 2 N–H and O–H groups in total. The summed E-state index contributed by atoms with van der Waals surface area (Å²) in [5.41, 5.74) is 7.25. The number of aryl methyl sites for hydroxylation is 1. The van der Waals surface area contributed by atoms with Crippen molar-refractivity contribution in [2.24, 2.45) is 0 Å². The summed E-state index contributed by atoms with van der Waals surface area (Å²) < 4.78 is 1.95. The molecule has 0 aliphatic heterocycles. The fourth-order valence-electron chi connectivity index (χ4n) is 1.27. The minimum atomic E-state index is 0.451. The van der Waals surface area contributed by atoms with Gasteiger partial charge in [-0.3, -0.25) is 0 Å². The molecule has 2 aromatic heterocycles. The minimum absolute atomic E-state index is 0.451. The Morgan fingerprint density at radius 2 is 2.29 bits per heavy atom. The topological polar surface area (TPSA) is 69.6 Å². The average Bonchev–Trinajstić information content (AvgIpc) is 2.61. The predicted octanol–water partition coefficient (Wildman–Crippen LogP) is 1.15. The Labute approximate surface area is 85.7 Å². The number of imidazole rings is 1. The number of nitrogen functional groups attached to an aromatic ring is 1. The summed E-state index contributed by atoms with van der Waals surface area (Å²) in [6.07, 6.45) is 3.66. The average molecular weight is 209 g/mol. The van der Waals surface area contributed by atoms with Crippen LogP contribution in [0, 0.1) is 0 Å². The SMILES string of the molecule is CCn1cnc2c(N)nc(SC)nc21. The molecule has 6 heteroatoms. The third kappa shape index (κ3) is 1.31. The molecule has 0 aliphatic carbocycles. The minimum Gasteiger partial charge on any atom is -0.382 e. The van der Waals surface area contributed by atoms with Crippen molar-refractivity contribution in [3.8, 4) is 0 Å². The lowest BCUT2D eigenvalue weighted by molar-refractivity contribution is 0.771. The summed E-state index contributed by atoms with van der Waals surface area (Å²) in [5, 5.41) is 0.685. The molecule has 2 heterocycles. The molecule has 0 aromatic carbocycles. The van der Waals surface area contributed by atoms with Gasteiger partial charge in [-0.25, -0.2) is 15.0 Å². The van der Waals surface area contributed by atoms with Crippen LogP contribution in [-0.2, 0) is 6.54 Å². The normalized spacial score (nSPS) is 11.0. The molecular formula is C8H11N5S. The van der Waals surface area contributed by atoms with E-state index in [0.29, 0.717) is 16.5 Å². The highest BCUT2D eigenvalue weighted by molar-refractivity contribution is 7.98. The first kappa shape index (κ1) is 9.26. The van der Waals surface area contributed by atoms with Gasteiger partial charge in [-0.1, -0.05) is 11.8 Å². The molecule has 0 unspecified atom stereocenters. The quantitative estimate of drug-likeness (QED) is 0.593. The van der Waals surface area contributed by atoms with Gasteiger partial charge in [0.05, 0.1) is 6.33 Å². The first-order valence-corrected chi connectivity index (χ1v) is 5.51. The fourth-order valence-corrected chi connectivity index (χ4v) is 1.64. The maximum Gasteiger partial charge on any atom is 0.191 e. The van der Waals surface area contributed by atoms with Gasteiger partial charge in [-0.05, 0) is 13.2 Å². The highest BCUT2D eigenvalue weighted by atomic mass is 32.2. The second-order valence-electron chi connectivity index (χ2n) is 2.80. The van der Waals surface area contributed by atoms with E-state index in [2.05, 4.69) is 15.0 Å². The standard InChI is InChI=1S/C8H11N5S/c1-3-13-4-10-5-6(9)11-8(14-2)12-7(5)13/h4H,3H2,1-2H3,(H2,9,11,12). The van der Waals surface area contributed by atoms with E-state index < -0.39 is 0 Å². The molecule has 0 atom stereocenters. The lowest BCUT2D eigenvalue weighted by Gasteiger charge is -2.01. The van der Waals surface area contributed by atoms with Gasteiger partial charge >= 0.3 is 0 Å². The van der Waals surface area contributed by atoms with E-state index >= 15 is 0 Å². The van der Waals surface area contributed by atoms with Crippen LogP contribution in [0.5, 0.6) is 0 Å². The molecule has 0 fully saturated rings. The number of anilines is 1. The first-order valence-electron chi connectivity index (χ1n) is 4.28. The van der Waals surface area contributed by atoms with E-state index in [-0.39, 0.29) is 0 Å². The number of hydrogen-bond donors (Lipinski definition) is 1. The number of thioether (sulfide) groups is 1. The van der Waals surface area contributed by atoms with Crippen LogP contribution in [0.2, 0.25) is 0 Å². The Morgan fingerprint density at radius 3 is 2.93 bits per heavy atom. The van der Waals surface area contributed by atoms with E-state index in [1.54, 1.807) is 6.33 Å². The van der Waals surface area contributed by atoms with E-state index in [1.165, 1.54) is 11.8 Å². The van der Waals surface area contributed by atoms with Crippen molar-refractivity contribution in [1.82, 2.24) is 19.5 Å². The van der Waals surface area contributed by atoms with Crippen molar-refractivity contribution < 1.29 is 0 Å². The molecular weight excluding hydrogens is 198 g/mol. The molecule has 5 nitrogen and oxygen atoms in total. The molecule has 0 aliphatic rings. The van der Waals surface area contributed by atoms with Crippen molar-refractivity contribution >= 4 is 28.7 Å². The Kier molecular flexibility index (Phi) is 2.28. The van der Waals surface area contributed by atoms with Crippen LogP contribution in [0.4, 0.5) is 5.82 Å². The van der Waals surface area contributed by atoms with Crippen molar-refractivity contribution in [2.45, 2.75) is 18.6 Å². The summed E-state index contributed by atoms with van der Waals surface area (Å²) in [4.78, 5) is 12.6. The number of nitrogens with zero attached hydrogens (tertiary/aromatic N) is 4. The zero-order valence-corrected chi connectivity index (χ0v) is 8.88. The number of rotatable bonds is 2. The zero-order valence-electron chi connectivity index (χ0n) is 8.06. The predicted molar refractivity (Wildman–Crippen MR) is 57.2 cm³/mol. The summed E-state index contributed by atoms with van der Waals surface area (Å²) in [5.74, 6) is 0.451. The van der Waals surface area contributed by atoms with E-state index in [0.717, 1.165) is 12.2 Å². The van der Waals surface area contributed by atoms with E-state index in [4.69, 9.17) is 5.73 Å². The molecule has 0 amide bonds. The molecule has 0 saturated carbocycles. The Bertz CT molecular complexity index is 464. The maximum atomic E-state index is 5.76. The number of nitrogens with two attached hydrogens (primary N) is 1. The molecule has 2 aromatic rings. The summed E-state index contributed by atoms with van der Waals surface area (Å²) in [6, 6.07) is 0.